The lowest BCUT2D eigenvalue weighted by atomic mass is 9.97. The second kappa shape index (κ2) is 5.49. The summed E-state index contributed by atoms with van der Waals surface area (Å²) in [7, 11) is 0. The molecule has 0 aliphatic heterocycles. The minimum absolute atomic E-state index is 0.0116. The summed E-state index contributed by atoms with van der Waals surface area (Å²) in [5.74, 6) is 0.0116. The van der Waals surface area contributed by atoms with Crippen molar-refractivity contribution in [2.75, 3.05) is 6.54 Å². The lowest BCUT2D eigenvalue weighted by Gasteiger charge is -2.12. The summed E-state index contributed by atoms with van der Waals surface area (Å²) in [6.07, 6.45) is 0.286. The van der Waals surface area contributed by atoms with Gasteiger partial charge in [0.1, 0.15) is 0 Å². The van der Waals surface area contributed by atoms with Crippen LogP contribution in [0.4, 0.5) is 0 Å². The molecule has 0 fully saturated rings. The van der Waals surface area contributed by atoms with Crippen LogP contribution in [0.2, 0.25) is 0 Å². The monoisotopic (exact) mass is 275 g/mol. The Kier molecular flexibility index (Phi) is 4.58. The molecule has 0 amide bonds. The fraction of sp³-hybridized carbons (Fsp3) is 0.300. The van der Waals surface area contributed by atoms with Crippen LogP contribution in [0.5, 0.6) is 0 Å². The first-order valence-corrected chi connectivity index (χ1v) is 5.44. The predicted molar refractivity (Wildman–Crippen MR) is 61.4 cm³/mol. The highest BCUT2D eigenvalue weighted by atomic mass is 79.9. The first-order valence-electron chi connectivity index (χ1n) is 4.27. The highest BCUT2D eigenvalue weighted by Gasteiger charge is 2.13. The van der Waals surface area contributed by atoms with Crippen LogP contribution < -0.4 is 5.73 Å². The van der Waals surface area contributed by atoms with Gasteiger partial charge in [0.05, 0.1) is 0 Å². The molecule has 2 nitrogen and oxygen atoms in total. The maximum atomic E-state index is 10.8. The van der Waals surface area contributed by atoms with Gasteiger partial charge in [0.15, 0.2) is 0 Å². The SMILES string of the molecule is NCC(CC(=O)Cl)c1cccc(Br)c1. The van der Waals surface area contributed by atoms with Crippen LogP contribution in [0.3, 0.4) is 0 Å². The van der Waals surface area contributed by atoms with Gasteiger partial charge in [-0.3, -0.25) is 4.79 Å². The molecule has 0 heterocycles. The minimum Gasteiger partial charge on any atom is -0.330 e. The van der Waals surface area contributed by atoms with Gasteiger partial charge in [0.25, 0.3) is 0 Å². The molecule has 2 N–H and O–H groups in total. The first kappa shape index (κ1) is 11.7. The molecule has 0 bridgehead atoms. The van der Waals surface area contributed by atoms with Crippen LogP contribution in [-0.2, 0) is 4.79 Å². The van der Waals surface area contributed by atoms with Gasteiger partial charge in [-0.15, -0.1) is 0 Å². The van der Waals surface area contributed by atoms with Crippen molar-refractivity contribution in [1.29, 1.82) is 0 Å². The van der Waals surface area contributed by atoms with E-state index in [4.69, 9.17) is 17.3 Å². The molecule has 0 spiro atoms. The third-order valence-electron chi connectivity index (χ3n) is 2.01. The molecule has 1 aromatic carbocycles. The number of hydrogen-bond donors (Lipinski definition) is 1. The van der Waals surface area contributed by atoms with Crippen LogP contribution in [0, 0.1) is 0 Å². The summed E-state index contributed by atoms with van der Waals surface area (Å²) >= 11 is 8.70. The lowest BCUT2D eigenvalue weighted by molar-refractivity contribution is -0.112. The number of rotatable bonds is 4. The normalized spacial score (nSPS) is 12.5. The van der Waals surface area contributed by atoms with E-state index >= 15 is 0 Å². The van der Waals surface area contributed by atoms with E-state index in [0.29, 0.717) is 6.54 Å². The van der Waals surface area contributed by atoms with E-state index in [2.05, 4.69) is 15.9 Å². The zero-order valence-corrected chi connectivity index (χ0v) is 9.88. The third-order valence-corrected chi connectivity index (χ3v) is 2.66. The van der Waals surface area contributed by atoms with Crippen molar-refractivity contribution in [2.24, 2.45) is 5.73 Å². The molecule has 1 unspecified atom stereocenters. The molecule has 0 saturated heterocycles. The topological polar surface area (TPSA) is 43.1 Å². The standard InChI is InChI=1S/C10H11BrClNO/c11-9-3-1-2-7(4-9)8(6-13)5-10(12)14/h1-4,8H,5-6,13H2. The average molecular weight is 277 g/mol. The van der Waals surface area contributed by atoms with Crippen molar-refractivity contribution in [3.05, 3.63) is 34.3 Å². The van der Waals surface area contributed by atoms with E-state index < -0.39 is 0 Å². The molecule has 0 saturated carbocycles. The van der Waals surface area contributed by atoms with Gasteiger partial charge in [-0.05, 0) is 35.8 Å². The van der Waals surface area contributed by atoms with Crippen molar-refractivity contribution in [3.8, 4) is 0 Å². The number of halogens is 2. The van der Waals surface area contributed by atoms with Gasteiger partial charge in [0.2, 0.25) is 5.24 Å². The van der Waals surface area contributed by atoms with Gasteiger partial charge >= 0.3 is 0 Å². The molecule has 1 rings (SSSR count). The van der Waals surface area contributed by atoms with Crippen molar-refractivity contribution in [2.45, 2.75) is 12.3 Å². The maximum absolute atomic E-state index is 10.8. The van der Waals surface area contributed by atoms with Crippen LogP contribution >= 0.6 is 27.5 Å². The van der Waals surface area contributed by atoms with Crippen molar-refractivity contribution in [3.63, 3.8) is 0 Å². The van der Waals surface area contributed by atoms with Crippen molar-refractivity contribution < 1.29 is 4.79 Å². The number of carbonyl (C=O) groups is 1. The molecule has 0 aromatic heterocycles. The fourth-order valence-corrected chi connectivity index (χ4v) is 1.89. The van der Waals surface area contributed by atoms with Crippen LogP contribution in [-0.4, -0.2) is 11.8 Å². The number of hydrogen-bond acceptors (Lipinski definition) is 2. The molecular formula is C10H11BrClNO. The van der Waals surface area contributed by atoms with Crippen LogP contribution in [0.1, 0.15) is 17.9 Å². The Hall–Kier alpha value is -0.380. The molecule has 1 atom stereocenters. The van der Waals surface area contributed by atoms with Gasteiger partial charge in [-0.1, -0.05) is 28.1 Å². The van der Waals surface area contributed by atoms with E-state index in [1.165, 1.54) is 0 Å². The van der Waals surface area contributed by atoms with E-state index in [9.17, 15) is 4.79 Å². The van der Waals surface area contributed by atoms with E-state index in [-0.39, 0.29) is 17.6 Å². The first-order chi connectivity index (χ1) is 6.63. The predicted octanol–water partition coefficient (Wildman–Crippen LogP) is 2.65. The summed E-state index contributed by atoms with van der Waals surface area (Å²) in [5.41, 5.74) is 6.61. The molecule has 0 aliphatic rings. The highest BCUT2D eigenvalue weighted by molar-refractivity contribution is 9.10. The Morgan fingerprint density at radius 1 is 1.57 bits per heavy atom. The van der Waals surface area contributed by atoms with Gasteiger partial charge in [-0.2, -0.15) is 0 Å². The average Bonchev–Trinajstić information content (AvgIpc) is 2.14. The quantitative estimate of drug-likeness (QED) is 0.859. The molecule has 4 heteroatoms. The Labute approximate surface area is 96.6 Å². The van der Waals surface area contributed by atoms with Crippen molar-refractivity contribution in [1.82, 2.24) is 0 Å². The maximum Gasteiger partial charge on any atom is 0.222 e. The Morgan fingerprint density at radius 2 is 2.29 bits per heavy atom. The zero-order valence-electron chi connectivity index (χ0n) is 7.54. The Morgan fingerprint density at radius 3 is 2.79 bits per heavy atom. The third kappa shape index (κ3) is 3.40. The molecule has 0 aliphatic carbocycles. The van der Waals surface area contributed by atoms with Crippen molar-refractivity contribution >= 4 is 32.8 Å². The van der Waals surface area contributed by atoms with Gasteiger partial charge in [-0.25, -0.2) is 0 Å². The number of carbonyl (C=O) groups excluding carboxylic acids is 1. The highest BCUT2D eigenvalue weighted by Crippen LogP contribution is 2.22. The Bertz CT molecular complexity index is 330. The molecule has 14 heavy (non-hydrogen) atoms. The molecule has 1 aromatic rings. The molecular weight excluding hydrogens is 265 g/mol. The summed E-state index contributed by atoms with van der Waals surface area (Å²) in [4.78, 5) is 10.8. The van der Waals surface area contributed by atoms with E-state index in [1.54, 1.807) is 0 Å². The van der Waals surface area contributed by atoms with Gasteiger partial charge < -0.3 is 5.73 Å². The summed E-state index contributed by atoms with van der Waals surface area (Å²) in [6.45, 7) is 0.426. The minimum atomic E-state index is -0.347. The second-order valence-electron chi connectivity index (χ2n) is 3.05. The Balaban J connectivity index is 2.83. The lowest BCUT2D eigenvalue weighted by Crippen LogP contribution is -2.14. The summed E-state index contributed by atoms with van der Waals surface area (Å²) < 4.78 is 0.982. The second-order valence-corrected chi connectivity index (χ2v) is 4.38. The summed E-state index contributed by atoms with van der Waals surface area (Å²) in [5, 5.41) is -0.347. The van der Waals surface area contributed by atoms with Crippen LogP contribution in [0.25, 0.3) is 0 Å². The molecule has 76 valence electrons. The fourth-order valence-electron chi connectivity index (χ4n) is 1.29. The van der Waals surface area contributed by atoms with Crippen LogP contribution in [0.15, 0.2) is 28.7 Å². The number of benzene rings is 1. The van der Waals surface area contributed by atoms with E-state index in [1.807, 2.05) is 24.3 Å². The van der Waals surface area contributed by atoms with E-state index in [0.717, 1.165) is 10.0 Å². The summed E-state index contributed by atoms with van der Waals surface area (Å²) in [6, 6.07) is 7.75. The number of nitrogens with two attached hydrogens (primary N) is 1. The zero-order chi connectivity index (χ0) is 10.6. The smallest absolute Gasteiger partial charge is 0.222 e. The largest absolute Gasteiger partial charge is 0.330 e. The van der Waals surface area contributed by atoms with Gasteiger partial charge in [0, 0.05) is 16.8 Å². The molecule has 0 radical (unpaired) electrons.